The molecule has 0 amide bonds. The molecule has 0 bridgehead atoms. The predicted octanol–water partition coefficient (Wildman–Crippen LogP) is 2.29. The summed E-state index contributed by atoms with van der Waals surface area (Å²) in [5, 5.41) is 8.92. The highest BCUT2D eigenvalue weighted by Gasteiger charge is 2.29. The van der Waals surface area contributed by atoms with Gasteiger partial charge in [-0.2, -0.15) is 0 Å². The zero-order chi connectivity index (χ0) is 7.49. The second-order valence-corrected chi connectivity index (χ2v) is 3.95. The molecule has 0 aromatic heterocycles. The van der Waals surface area contributed by atoms with Crippen molar-refractivity contribution in [2.45, 2.75) is 16.3 Å². The topological polar surface area (TPSA) is 20.2 Å². The van der Waals surface area contributed by atoms with E-state index in [0.717, 1.165) is 0 Å². The fourth-order valence-corrected chi connectivity index (χ4v) is 0.559. The minimum atomic E-state index is -1.59. The summed E-state index contributed by atoms with van der Waals surface area (Å²) in [5.74, 6) is 0. The van der Waals surface area contributed by atoms with Crippen LogP contribution in [-0.2, 0) is 0 Å². The highest BCUT2D eigenvalue weighted by atomic mass is 35.6. The van der Waals surface area contributed by atoms with Crippen LogP contribution in [0.15, 0.2) is 12.7 Å². The summed E-state index contributed by atoms with van der Waals surface area (Å²) in [7, 11) is 0. The first-order valence-corrected chi connectivity index (χ1v) is 3.47. The number of aliphatic hydroxyl groups excluding tert-OH is 1. The Balaban J connectivity index is 3.72. The maximum Gasteiger partial charge on any atom is 0.216 e. The zero-order valence-electron chi connectivity index (χ0n) is 4.65. The van der Waals surface area contributed by atoms with Crippen molar-refractivity contribution in [3.63, 3.8) is 0 Å². The van der Waals surface area contributed by atoms with Gasteiger partial charge in [0.2, 0.25) is 3.79 Å². The molecule has 0 fully saturated rings. The third-order valence-electron chi connectivity index (χ3n) is 0.768. The third-order valence-corrected chi connectivity index (χ3v) is 1.52. The van der Waals surface area contributed by atoms with Crippen molar-refractivity contribution in [1.82, 2.24) is 0 Å². The lowest BCUT2D eigenvalue weighted by Gasteiger charge is -2.16. The molecule has 9 heavy (non-hydrogen) atoms. The summed E-state index contributed by atoms with van der Waals surface area (Å²) in [6.45, 7) is 3.38. The molecule has 0 heterocycles. The van der Waals surface area contributed by atoms with Gasteiger partial charge in [0.1, 0.15) is 6.10 Å². The Hall–Kier alpha value is 0.570. The average Bonchev–Trinajstić information content (AvgIpc) is 1.64. The van der Waals surface area contributed by atoms with Crippen LogP contribution in [0.2, 0.25) is 0 Å². The largest absolute Gasteiger partial charge is 0.388 e. The summed E-state index contributed by atoms with van der Waals surface area (Å²) in [6, 6.07) is 0. The van der Waals surface area contributed by atoms with E-state index in [9.17, 15) is 0 Å². The summed E-state index contributed by atoms with van der Waals surface area (Å²) in [6.07, 6.45) is 0.822. The zero-order valence-corrected chi connectivity index (χ0v) is 6.92. The number of aliphatic hydroxyl groups is 1. The van der Waals surface area contributed by atoms with E-state index in [1.807, 2.05) is 0 Å². The lowest BCUT2D eigenvalue weighted by molar-refractivity contribution is 0.182. The van der Waals surface area contributed by atoms with E-state index in [4.69, 9.17) is 39.9 Å². The van der Waals surface area contributed by atoms with Gasteiger partial charge in [0, 0.05) is 0 Å². The van der Waals surface area contributed by atoms with E-state index < -0.39 is 9.90 Å². The maximum atomic E-state index is 8.92. The fraction of sp³-hybridized carbons (Fsp3) is 0.600. The van der Waals surface area contributed by atoms with Crippen LogP contribution in [0, 0.1) is 0 Å². The van der Waals surface area contributed by atoms with Crippen LogP contribution < -0.4 is 0 Å². The van der Waals surface area contributed by atoms with Crippen molar-refractivity contribution in [2.75, 3.05) is 0 Å². The number of halogens is 3. The van der Waals surface area contributed by atoms with E-state index in [1.54, 1.807) is 0 Å². The lowest BCUT2D eigenvalue weighted by Crippen LogP contribution is -2.23. The Morgan fingerprint density at radius 3 is 2.11 bits per heavy atom. The summed E-state index contributed by atoms with van der Waals surface area (Å²) < 4.78 is -1.59. The molecule has 0 rings (SSSR count). The standard InChI is InChI=1S/C5H7Cl3O/c1-2-3-4(9)5(6,7)8/h2,4,9H,1,3H2. The third kappa shape index (κ3) is 4.04. The van der Waals surface area contributed by atoms with Gasteiger partial charge in [-0.1, -0.05) is 40.9 Å². The second-order valence-electron chi connectivity index (χ2n) is 1.58. The van der Waals surface area contributed by atoms with Gasteiger partial charge in [-0.25, -0.2) is 0 Å². The second kappa shape index (κ2) is 3.67. The Kier molecular flexibility index (Phi) is 3.90. The van der Waals surface area contributed by atoms with Crippen LogP contribution in [0.25, 0.3) is 0 Å². The van der Waals surface area contributed by atoms with Crippen molar-refractivity contribution in [2.24, 2.45) is 0 Å². The van der Waals surface area contributed by atoms with E-state index >= 15 is 0 Å². The first kappa shape index (κ1) is 9.57. The van der Waals surface area contributed by atoms with Gasteiger partial charge in [0.15, 0.2) is 0 Å². The monoisotopic (exact) mass is 188 g/mol. The molecule has 1 N–H and O–H groups in total. The fourth-order valence-electron chi connectivity index (χ4n) is 0.291. The molecule has 0 saturated heterocycles. The van der Waals surface area contributed by atoms with Gasteiger partial charge in [0.25, 0.3) is 0 Å². The molecule has 0 saturated carbocycles. The molecule has 0 radical (unpaired) electrons. The van der Waals surface area contributed by atoms with Crippen LogP contribution in [0.3, 0.4) is 0 Å². The van der Waals surface area contributed by atoms with Gasteiger partial charge in [-0.05, 0) is 6.42 Å². The first-order chi connectivity index (χ1) is 3.98. The first-order valence-electron chi connectivity index (χ1n) is 2.34. The molecule has 0 aliphatic rings. The Morgan fingerprint density at radius 1 is 1.56 bits per heavy atom. The van der Waals surface area contributed by atoms with E-state index in [2.05, 4.69) is 6.58 Å². The van der Waals surface area contributed by atoms with Crippen molar-refractivity contribution in [3.05, 3.63) is 12.7 Å². The molecular weight excluding hydrogens is 182 g/mol. The molecule has 0 spiro atoms. The quantitative estimate of drug-likeness (QED) is 0.522. The summed E-state index contributed by atoms with van der Waals surface area (Å²) in [4.78, 5) is 0. The van der Waals surface area contributed by atoms with Crippen LogP contribution in [-0.4, -0.2) is 15.0 Å². The molecule has 54 valence electrons. The molecule has 0 aromatic carbocycles. The lowest BCUT2D eigenvalue weighted by atomic mass is 10.3. The number of hydrogen-bond acceptors (Lipinski definition) is 1. The van der Waals surface area contributed by atoms with Crippen molar-refractivity contribution >= 4 is 34.8 Å². The number of alkyl halides is 3. The molecule has 0 aliphatic carbocycles. The Morgan fingerprint density at radius 2 is 2.00 bits per heavy atom. The van der Waals surface area contributed by atoms with E-state index in [1.165, 1.54) is 6.08 Å². The minimum absolute atomic E-state index is 0.288. The Labute approximate surface area is 69.2 Å². The highest BCUT2D eigenvalue weighted by molar-refractivity contribution is 6.68. The average molecular weight is 189 g/mol. The van der Waals surface area contributed by atoms with Crippen molar-refractivity contribution in [1.29, 1.82) is 0 Å². The van der Waals surface area contributed by atoms with Crippen LogP contribution >= 0.6 is 34.8 Å². The smallest absolute Gasteiger partial charge is 0.216 e. The molecule has 0 aromatic rings. The van der Waals surface area contributed by atoms with Crippen molar-refractivity contribution < 1.29 is 5.11 Å². The van der Waals surface area contributed by atoms with Gasteiger partial charge in [0.05, 0.1) is 0 Å². The normalized spacial score (nSPS) is 15.1. The van der Waals surface area contributed by atoms with Crippen LogP contribution in [0.5, 0.6) is 0 Å². The van der Waals surface area contributed by atoms with Gasteiger partial charge >= 0.3 is 0 Å². The van der Waals surface area contributed by atoms with Crippen LogP contribution in [0.1, 0.15) is 6.42 Å². The molecule has 0 aliphatic heterocycles. The maximum absolute atomic E-state index is 8.92. The Bertz CT molecular complexity index is 96.9. The molecular formula is C5H7Cl3O. The molecule has 1 atom stereocenters. The predicted molar refractivity (Wildman–Crippen MR) is 41.1 cm³/mol. The van der Waals surface area contributed by atoms with Crippen LogP contribution in [0.4, 0.5) is 0 Å². The van der Waals surface area contributed by atoms with Crippen molar-refractivity contribution in [3.8, 4) is 0 Å². The SMILES string of the molecule is C=CCC(O)C(Cl)(Cl)Cl. The van der Waals surface area contributed by atoms with E-state index in [0.29, 0.717) is 0 Å². The summed E-state index contributed by atoms with van der Waals surface area (Å²) >= 11 is 15.9. The molecule has 1 unspecified atom stereocenters. The molecule has 4 heteroatoms. The highest BCUT2D eigenvalue weighted by Crippen LogP contribution is 2.31. The molecule has 1 nitrogen and oxygen atoms in total. The van der Waals surface area contributed by atoms with Gasteiger partial charge in [-0.15, -0.1) is 6.58 Å². The number of rotatable bonds is 2. The van der Waals surface area contributed by atoms with Gasteiger partial charge < -0.3 is 5.11 Å². The minimum Gasteiger partial charge on any atom is -0.388 e. The summed E-state index contributed by atoms with van der Waals surface area (Å²) in [5.41, 5.74) is 0. The number of hydrogen-bond donors (Lipinski definition) is 1. The van der Waals surface area contributed by atoms with Gasteiger partial charge in [-0.3, -0.25) is 0 Å². The van der Waals surface area contributed by atoms with E-state index in [-0.39, 0.29) is 6.42 Å².